The molecule has 0 aliphatic rings. The number of hydrogen-bond donors (Lipinski definition) is 3. The number of sulfonamides is 1. The predicted molar refractivity (Wildman–Crippen MR) is 72.5 cm³/mol. The molecule has 0 aromatic carbocycles. The molecule has 18 heavy (non-hydrogen) atoms. The van der Waals surface area contributed by atoms with Crippen molar-refractivity contribution in [3.05, 3.63) is 0 Å². The van der Waals surface area contributed by atoms with E-state index in [1.807, 2.05) is 13.8 Å². The highest BCUT2D eigenvalue weighted by Gasteiger charge is 2.10. The summed E-state index contributed by atoms with van der Waals surface area (Å²) in [5.74, 6) is 0.327. The molecule has 0 aromatic rings. The molecule has 6 nitrogen and oxygen atoms in total. The second-order valence-electron chi connectivity index (χ2n) is 4.66. The van der Waals surface area contributed by atoms with Gasteiger partial charge in [-0.05, 0) is 25.3 Å². The Kier molecular flexibility index (Phi) is 8.95. The standard InChI is InChI=1S/C11H25N3O3S/c1-10(2)9-13-11(15)5-7-14-18(16,17)8-4-3-6-12/h10,14H,3-9,12H2,1-2H3,(H,13,15). The van der Waals surface area contributed by atoms with Gasteiger partial charge in [-0.25, -0.2) is 13.1 Å². The molecular formula is C11H25N3O3S. The monoisotopic (exact) mass is 279 g/mol. The maximum atomic E-state index is 11.5. The molecule has 0 unspecified atom stereocenters. The summed E-state index contributed by atoms with van der Waals surface area (Å²) in [4.78, 5) is 11.3. The Morgan fingerprint density at radius 3 is 2.50 bits per heavy atom. The summed E-state index contributed by atoms with van der Waals surface area (Å²) in [6.07, 6.45) is 1.41. The minimum atomic E-state index is -3.27. The van der Waals surface area contributed by atoms with Gasteiger partial charge >= 0.3 is 0 Å². The second-order valence-corrected chi connectivity index (χ2v) is 6.58. The van der Waals surface area contributed by atoms with Crippen LogP contribution in [0, 0.1) is 5.92 Å². The molecule has 0 saturated carbocycles. The predicted octanol–water partition coefficient (Wildman–Crippen LogP) is -0.193. The molecule has 0 atom stereocenters. The number of carbonyl (C=O) groups is 1. The van der Waals surface area contributed by atoms with Gasteiger partial charge in [0, 0.05) is 19.5 Å². The van der Waals surface area contributed by atoms with Crippen molar-refractivity contribution < 1.29 is 13.2 Å². The third-order valence-corrected chi connectivity index (χ3v) is 3.72. The van der Waals surface area contributed by atoms with Crippen molar-refractivity contribution in [1.82, 2.24) is 10.0 Å². The quantitative estimate of drug-likeness (QED) is 0.482. The SMILES string of the molecule is CC(C)CNC(=O)CCNS(=O)(=O)CCCCN. The number of unbranched alkanes of at least 4 members (excludes halogenated alkanes) is 1. The van der Waals surface area contributed by atoms with Gasteiger partial charge in [-0.2, -0.15) is 0 Å². The minimum Gasteiger partial charge on any atom is -0.356 e. The first kappa shape index (κ1) is 17.3. The van der Waals surface area contributed by atoms with Gasteiger partial charge in [-0.15, -0.1) is 0 Å². The fourth-order valence-electron chi connectivity index (χ4n) is 1.24. The highest BCUT2D eigenvalue weighted by Crippen LogP contribution is 1.94. The van der Waals surface area contributed by atoms with Crippen molar-refractivity contribution in [2.24, 2.45) is 11.7 Å². The molecule has 0 rings (SSSR count). The average molecular weight is 279 g/mol. The third-order valence-electron chi connectivity index (χ3n) is 2.25. The van der Waals surface area contributed by atoms with Crippen LogP contribution < -0.4 is 15.8 Å². The van der Waals surface area contributed by atoms with E-state index in [0.717, 1.165) is 0 Å². The fraction of sp³-hybridized carbons (Fsp3) is 0.909. The van der Waals surface area contributed by atoms with Crippen LogP contribution in [0.1, 0.15) is 33.1 Å². The van der Waals surface area contributed by atoms with Gasteiger partial charge in [0.15, 0.2) is 0 Å². The molecule has 1 amide bonds. The zero-order valence-corrected chi connectivity index (χ0v) is 12.1. The van der Waals surface area contributed by atoms with Crippen molar-refractivity contribution >= 4 is 15.9 Å². The highest BCUT2D eigenvalue weighted by molar-refractivity contribution is 7.89. The minimum absolute atomic E-state index is 0.0673. The van der Waals surface area contributed by atoms with Crippen molar-refractivity contribution in [2.45, 2.75) is 33.1 Å². The molecule has 7 heteroatoms. The van der Waals surface area contributed by atoms with Gasteiger partial charge < -0.3 is 11.1 Å². The number of amides is 1. The van der Waals surface area contributed by atoms with Crippen LogP contribution in [0.15, 0.2) is 0 Å². The third kappa shape index (κ3) is 10.5. The van der Waals surface area contributed by atoms with E-state index >= 15 is 0 Å². The van der Waals surface area contributed by atoms with Crippen molar-refractivity contribution in [3.8, 4) is 0 Å². The lowest BCUT2D eigenvalue weighted by Crippen LogP contribution is -2.33. The largest absolute Gasteiger partial charge is 0.356 e. The van der Waals surface area contributed by atoms with Gasteiger partial charge in [0.2, 0.25) is 15.9 Å². The van der Waals surface area contributed by atoms with Crippen LogP contribution in [-0.2, 0) is 14.8 Å². The maximum Gasteiger partial charge on any atom is 0.221 e. The molecule has 0 bridgehead atoms. The van der Waals surface area contributed by atoms with Gasteiger partial charge in [0.05, 0.1) is 5.75 Å². The lowest BCUT2D eigenvalue weighted by molar-refractivity contribution is -0.121. The average Bonchev–Trinajstić information content (AvgIpc) is 2.26. The first-order valence-electron chi connectivity index (χ1n) is 6.31. The molecule has 108 valence electrons. The van der Waals surface area contributed by atoms with Crippen LogP contribution in [0.2, 0.25) is 0 Å². The van der Waals surface area contributed by atoms with Crippen LogP contribution in [0.4, 0.5) is 0 Å². The summed E-state index contributed by atoms with van der Waals surface area (Å²) in [6.45, 7) is 5.25. The van der Waals surface area contributed by atoms with E-state index < -0.39 is 10.0 Å². The van der Waals surface area contributed by atoms with E-state index in [4.69, 9.17) is 5.73 Å². The number of rotatable bonds is 10. The molecule has 0 aliphatic carbocycles. The molecular weight excluding hydrogens is 254 g/mol. The second kappa shape index (κ2) is 9.29. The summed E-state index contributed by atoms with van der Waals surface area (Å²) in [5.41, 5.74) is 5.29. The van der Waals surface area contributed by atoms with Crippen LogP contribution in [0.5, 0.6) is 0 Å². The van der Waals surface area contributed by atoms with Crippen LogP contribution in [-0.4, -0.2) is 39.7 Å². The van der Waals surface area contributed by atoms with E-state index in [-0.39, 0.29) is 24.6 Å². The summed E-state index contributed by atoms with van der Waals surface area (Å²) < 4.78 is 25.3. The summed E-state index contributed by atoms with van der Waals surface area (Å²) in [6, 6.07) is 0. The van der Waals surface area contributed by atoms with Gasteiger partial charge in [-0.3, -0.25) is 4.79 Å². The molecule has 0 spiro atoms. The topological polar surface area (TPSA) is 101 Å². The molecule has 0 saturated heterocycles. The Balaban J connectivity index is 3.72. The van der Waals surface area contributed by atoms with Gasteiger partial charge in [0.25, 0.3) is 0 Å². The Bertz CT molecular complexity index is 328. The van der Waals surface area contributed by atoms with E-state index in [1.54, 1.807) is 0 Å². The summed E-state index contributed by atoms with van der Waals surface area (Å²) in [5, 5.41) is 2.73. The van der Waals surface area contributed by atoms with Crippen molar-refractivity contribution in [1.29, 1.82) is 0 Å². The normalized spacial score (nSPS) is 11.8. The number of nitrogens with one attached hydrogen (secondary N) is 2. The number of hydrogen-bond acceptors (Lipinski definition) is 4. The molecule has 0 aliphatic heterocycles. The van der Waals surface area contributed by atoms with Crippen molar-refractivity contribution in [3.63, 3.8) is 0 Å². The van der Waals surface area contributed by atoms with E-state index in [1.165, 1.54) is 0 Å². The van der Waals surface area contributed by atoms with E-state index in [0.29, 0.717) is 31.8 Å². The van der Waals surface area contributed by atoms with E-state index in [2.05, 4.69) is 10.0 Å². The smallest absolute Gasteiger partial charge is 0.221 e. The van der Waals surface area contributed by atoms with Crippen LogP contribution in [0.3, 0.4) is 0 Å². The van der Waals surface area contributed by atoms with Crippen LogP contribution in [0.25, 0.3) is 0 Å². The Morgan fingerprint density at radius 2 is 1.94 bits per heavy atom. The fourth-order valence-corrected chi connectivity index (χ4v) is 2.38. The first-order chi connectivity index (χ1) is 8.37. The lowest BCUT2D eigenvalue weighted by Gasteiger charge is -2.08. The number of nitrogens with two attached hydrogens (primary N) is 1. The molecule has 0 radical (unpaired) electrons. The lowest BCUT2D eigenvalue weighted by atomic mass is 10.2. The Labute approximate surface area is 110 Å². The van der Waals surface area contributed by atoms with Crippen LogP contribution >= 0.6 is 0 Å². The van der Waals surface area contributed by atoms with Gasteiger partial charge in [0.1, 0.15) is 0 Å². The Morgan fingerprint density at radius 1 is 1.28 bits per heavy atom. The first-order valence-corrected chi connectivity index (χ1v) is 7.96. The number of carbonyl (C=O) groups excluding carboxylic acids is 1. The zero-order chi connectivity index (χ0) is 14.0. The van der Waals surface area contributed by atoms with Crippen molar-refractivity contribution in [2.75, 3.05) is 25.4 Å². The highest BCUT2D eigenvalue weighted by atomic mass is 32.2. The van der Waals surface area contributed by atoms with Gasteiger partial charge in [-0.1, -0.05) is 13.8 Å². The molecule has 0 fully saturated rings. The van der Waals surface area contributed by atoms with E-state index in [9.17, 15) is 13.2 Å². The maximum absolute atomic E-state index is 11.5. The molecule has 0 heterocycles. The molecule has 0 aromatic heterocycles. The zero-order valence-electron chi connectivity index (χ0n) is 11.2. The molecule has 4 N–H and O–H groups in total. The summed E-state index contributed by atoms with van der Waals surface area (Å²) >= 11 is 0. The Hall–Kier alpha value is -0.660. The summed E-state index contributed by atoms with van der Waals surface area (Å²) in [7, 11) is -3.27.